The molecule has 4 amide bonds. The summed E-state index contributed by atoms with van der Waals surface area (Å²) in [6.07, 6.45) is -2.01. The number of aliphatic hydroxyl groups excluding tert-OH is 6. The van der Waals surface area contributed by atoms with Crippen molar-refractivity contribution < 1.29 is 59.3 Å². The Labute approximate surface area is 406 Å². The van der Waals surface area contributed by atoms with Gasteiger partial charge in [0.2, 0.25) is 11.8 Å². The molecule has 0 bridgehead atoms. The molecular weight excluding hydrogens is 879 g/mol. The van der Waals surface area contributed by atoms with Gasteiger partial charge in [0, 0.05) is 26.7 Å². The summed E-state index contributed by atoms with van der Waals surface area (Å²) in [5.41, 5.74) is 5.27. The van der Waals surface area contributed by atoms with E-state index in [-0.39, 0.29) is 56.6 Å². The third kappa shape index (κ3) is 36.6. The summed E-state index contributed by atoms with van der Waals surface area (Å²) in [5.74, 6) is -0.234. The van der Waals surface area contributed by atoms with Crippen LogP contribution in [0.5, 0.6) is 0 Å². The van der Waals surface area contributed by atoms with Gasteiger partial charge in [0.25, 0.3) is 0 Å². The molecular formula is C49H91N7O12. The zero-order valence-electron chi connectivity index (χ0n) is 43.2. The molecule has 2 aromatic rings. The predicted molar refractivity (Wildman–Crippen MR) is 267 cm³/mol. The molecule has 19 heteroatoms. The van der Waals surface area contributed by atoms with Gasteiger partial charge in [0.15, 0.2) is 0 Å². The van der Waals surface area contributed by atoms with E-state index in [1.807, 2.05) is 102 Å². The Morgan fingerprint density at radius 2 is 0.868 bits per heavy atom. The van der Waals surface area contributed by atoms with Gasteiger partial charge in [0.1, 0.15) is 23.7 Å². The Balaban J connectivity index is -0.00000108. The molecule has 0 saturated heterocycles. The summed E-state index contributed by atoms with van der Waals surface area (Å²) in [6, 6.07) is 16.1. The van der Waals surface area contributed by atoms with E-state index >= 15 is 0 Å². The van der Waals surface area contributed by atoms with Gasteiger partial charge in [0.05, 0.1) is 44.0 Å². The number of hydrogen-bond acceptors (Lipinski definition) is 15. The van der Waals surface area contributed by atoms with Crippen LogP contribution in [0.1, 0.15) is 107 Å². The molecule has 2 aromatic carbocycles. The monoisotopic (exact) mass is 970 g/mol. The molecule has 19 nitrogen and oxygen atoms in total. The molecule has 0 spiro atoms. The predicted octanol–water partition coefficient (Wildman–Crippen LogP) is 2.68. The van der Waals surface area contributed by atoms with Crippen molar-refractivity contribution in [3.05, 3.63) is 71.8 Å². The summed E-state index contributed by atoms with van der Waals surface area (Å²) < 4.78 is 10.7. The quantitative estimate of drug-likeness (QED) is 0.0713. The van der Waals surface area contributed by atoms with Gasteiger partial charge in [-0.1, -0.05) is 102 Å². The number of hydrogen-bond donors (Lipinski definition) is 13. The van der Waals surface area contributed by atoms with E-state index in [0.29, 0.717) is 32.2 Å². The van der Waals surface area contributed by atoms with E-state index in [4.69, 9.17) is 35.6 Å². The molecule has 0 radical (unpaired) electrons. The van der Waals surface area contributed by atoms with Gasteiger partial charge in [-0.2, -0.15) is 0 Å². The second-order valence-electron chi connectivity index (χ2n) is 18.0. The largest absolute Gasteiger partial charge is 0.444 e. The minimum atomic E-state index is -1.19. The average Bonchev–Trinajstić information content (AvgIpc) is 3.27. The van der Waals surface area contributed by atoms with Gasteiger partial charge >= 0.3 is 12.2 Å². The lowest BCUT2D eigenvalue weighted by molar-refractivity contribution is -0.125. The maximum Gasteiger partial charge on any atom is 0.408 e. The summed E-state index contributed by atoms with van der Waals surface area (Å²) in [5, 5.41) is 71.0. The minimum Gasteiger partial charge on any atom is -0.444 e. The van der Waals surface area contributed by atoms with Crippen molar-refractivity contribution in [1.82, 2.24) is 31.9 Å². The molecule has 2 unspecified atom stereocenters. The highest BCUT2D eigenvalue weighted by atomic mass is 16.6. The average molecular weight is 970 g/mol. The number of alkyl carbamates (subject to hydrolysis) is 2. The fourth-order valence-corrected chi connectivity index (χ4v) is 5.83. The fraction of sp³-hybridized carbons (Fsp3) is 0.673. The molecule has 0 heterocycles. The smallest absolute Gasteiger partial charge is 0.408 e. The maximum absolute atomic E-state index is 12.5. The Morgan fingerprint density at radius 1 is 0.574 bits per heavy atom. The number of amides is 4. The number of nitrogens with one attached hydrogen (secondary N) is 6. The molecule has 0 saturated carbocycles. The van der Waals surface area contributed by atoms with Crippen molar-refractivity contribution in [2.75, 3.05) is 46.6 Å². The van der Waals surface area contributed by atoms with Crippen LogP contribution in [0.3, 0.4) is 0 Å². The molecule has 68 heavy (non-hydrogen) atoms. The van der Waals surface area contributed by atoms with Crippen LogP contribution in [0, 0.1) is 11.8 Å². The molecule has 0 fully saturated rings. The lowest BCUT2D eigenvalue weighted by atomic mass is 10.0. The minimum absolute atomic E-state index is 0.0972. The number of rotatable bonds is 23. The highest BCUT2D eigenvalue weighted by Gasteiger charge is 2.31. The Hall–Kier alpha value is -4.44. The van der Waals surface area contributed by atoms with E-state index in [2.05, 4.69) is 31.9 Å². The molecule has 0 aliphatic carbocycles. The van der Waals surface area contributed by atoms with E-state index in [1.54, 1.807) is 41.5 Å². The fourth-order valence-electron chi connectivity index (χ4n) is 5.83. The molecule has 394 valence electrons. The van der Waals surface area contributed by atoms with Crippen molar-refractivity contribution in [1.29, 1.82) is 0 Å². The molecule has 0 aliphatic rings. The van der Waals surface area contributed by atoms with Crippen LogP contribution in [0.15, 0.2) is 60.7 Å². The highest BCUT2D eigenvalue weighted by molar-refractivity contribution is 5.82. The number of carbonyl (C=O) groups is 4. The van der Waals surface area contributed by atoms with Crippen LogP contribution in [-0.2, 0) is 31.9 Å². The van der Waals surface area contributed by atoms with Gasteiger partial charge in [-0.25, -0.2) is 9.59 Å². The Morgan fingerprint density at radius 3 is 1.10 bits per heavy atom. The highest BCUT2D eigenvalue weighted by Crippen LogP contribution is 2.14. The third-order valence-corrected chi connectivity index (χ3v) is 8.51. The zero-order valence-corrected chi connectivity index (χ0v) is 43.2. The first-order valence-electron chi connectivity index (χ1n) is 23.4. The Kier molecular flexibility index (Phi) is 39.3. The van der Waals surface area contributed by atoms with Gasteiger partial charge in [-0.15, -0.1) is 0 Å². The summed E-state index contributed by atoms with van der Waals surface area (Å²) in [7, 11) is 1.00. The number of benzene rings is 2. The first kappa shape index (κ1) is 67.8. The van der Waals surface area contributed by atoms with Crippen molar-refractivity contribution >= 4 is 24.0 Å². The molecule has 6 atom stereocenters. The van der Waals surface area contributed by atoms with Gasteiger partial charge in [-0.05, 0) is 90.2 Å². The van der Waals surface area contributed by atoms with Crippen LogP contribution in [0.4, 0.5) is 9.59 Å². The number of ether oxygens (including phenoxy) is 2. The number of aliphatic hydroxyl groups is 6. The van der Waals surface area contributed by atoms with Crippen molar-refractivity contribution in [3.8, 4) is 0 Å². The van der Waals surface area contributed by atoms with Crippen molar-refractivity contribution in [2.45, 2.75) is 157 Å². The first-order chi connectivity index (χ1) is 31.9. The second-order valence-corrected chi connectivity index (χ2v) is 18.0. The van der Waals surface area contributed by atoms with Gasteiger partial charge in [-0.3, -0.25) is 20.2 Å². The second kappa shape index (κ2) is 39.4. The number of carbonyl (C=O) groups excluding carboxylic acids is 4. The third-order valence-electron chi connectivity index (χ3n) is 8.51. The summed E-state index contributed by atoms with van der Waals surface area (Å²) in [6.45, 7) is 22.9. The summed E-state index contributed by atoms with van der Waals surface area (Å²) in [4.78, 5) is 49.6. The SMILES string of the molecule is CC.CC(C)C[C@@H](NC(O)[C@H](Cc1ccccc1)NC(=O)OC(C)(C)C)C(=O)NCCO.CC(C)C[C@H](NC(O)[C@H](Cc1ccccc1)NC(=O)OC(C)(C)C)C(=O)NCCO.CO.NCCO. The molecule has 14 N–H and O–H groups in total. The molecule has 0 aromatic heterocycles. The van der Waals surface area contributed by atoms with E-state index in [0.717, 1.165) is 18.2 Å². The van der Waals surface area contributed by atoms with Crippen LogP contribution in [0.2, 0.25) is 0 Å². The first-order valence-corrected chi connectivity index (χ1v) is 23.4. The lowest BCUT2D eigenvalue weighted by Crippen LogP contribution is -2.57. The van der Waals surface area contributed by atoms with E-state index < -0.39 is 60.0 Å². The molecule has 0 aliphatic heterocycles. The standard InChI is InChI=1S/2C22H37N3O5.C2H7NO.C2H6.CH4O/c2*1-15(2)13-17(19(27)23-11-12-26)24-20(28)18(14-16-9-7-6-8-10-16)25-21(29)30-22(3,4)5;3-1-2-4;2*1-2/h2*6-10,15,17-18,20,24,26,28H,11-14H2,1-5H3,(H,23,27)(H,25,29);4H,1-3H2;1-2H3;2H,1H3/t17-,18+,20?;17-,18-,20?;;;/m10.../s1. The summed E-state index contributed by atoms with van der Waals surface area (Å²) >= 11 is 0. The van der Waals surface area contributed by atoms with Crippen LogP contribution < -0.4 is 37.6 Å². The van der Waals surface area contributed by atoms with Crippen LogP contribution >= 0.6 is 0 Å². The number of nitrogens with two attached hydrogens (primary N) is 1. The van der Waals surface area contributed by atoms with Crippen molar-refractivity contribution in [2.24, 2.45) is 17.6 Å². The zero-order chi connectivity index (χ0) is 52.9. The van der Waals surface area contributed by atoms with E-state index in [1.165, 1.54) is 0 Å². The Bertz CT molecular complexity index is 1450. The van der Waals surface area contributed by atoms with Crippen LogP contribution in [0.25, 0.3) is 0 Å². The molecule has 2 rings (SSSR count). The van der Waals surface area contributed by atoms with E-state index in [9.17, 15) is 29.4 Å². The topological polar surface area (TPSA) is 306 Å². The van der Waals surface area contributed by atoms with Crippen molar-refractivity contribution in [3.63, 3.8) is 0 Å². The lowest BCUT2D eigenvalue weighted by Gasteiger charge is -2.30. The normalized spacial score (nSPS) is 13.6. The maximum atomic E-state index is 12.5. The van der Waals surface area contributed by atoms with Gasteiger partial charge < -0.3 is 67.1 Å². The van der Waals surface area contributed by atoms with Crippen LogP contribution in [-0.4, -0.2) is 149 Å².